The first-order valence-corrected chi connectivity index (χ1v) is 4.92. The zero-order valence-corrected chi connectivity index (χ0v) is 8.66. The van der Waals surface area contributed by atoms with Gasteiger partial charge in [0.25, 0.3) is 0 Å². The Balaban J connectivity index is 2.09. The van der Waals surface area contributed by atoms with Gasteiger partial charge in [0.1, 0.15) is 12.2 Å². The fourth-order valence-electron chi connectivity index (χ4n) is 1.72. The van der Waals surface area contributed by atoms with Crippen LogP contribution < -0.4 is 5.32 Å². The van der Waals surface area contributed by atoms with Gasteiger partial charge in [-0.25, -0.2) is 4.98 Å². The molecule has 5 nitrogen and oxygen atoms in total. The molecular weight excluding hydrogens is 180 g/mol. The maximum absolute atomic E-state index is 5.50. The lowest BCUT2D eigenvalue weighted by Gasteiger charge is -2.40. The molecule has 1 saturated heterocycles. The molecule has 0 radical (unpaired) electrons. The number of ether oxygens (including phenoxy) is 1. The van der Waals surface area contributed by atoms with Crippen LogP contribution in [-0.4, -0.2) is 40.6 Å². The van der Waals surface area contributed by atoms with E-state index in [9.17, 15) is 0 Å². The third-order valence-corrected chi connectivity index (χ3v) is 2.80. The average Bonchev–Trinajstić information content (AvgIpc) is 2.58. The molecule has 1 aliphatic rings. The van der Waals surface area contributed by atoms with E-state index in [1.54, 1.807) is 13.4 Å². The van der Waals surface area contributed by atoms with E-state index in [2.05, 4.69) is 22.3 Å². The van der Waals surface area contributed by atoms with Crippen LogP contribution in [0.1, 0.15) is 12.7 Å². The Morgan fingerprint density at radius 1 is 1.64 bits per heavy atom. The van der Waals surface area contributed by atoms with Crippen molar-refractivity contribution in [1.29, 1.82) is 0 Å². The number of hydrogen-bond donors (Lipinski definition) is 1. The summed E-state index contributed by atoms with van der Waals surface area (Å²) in [7, 11) is 1.76. The summed E-state index contributed by atoms with van der Waals surface area (Å²) in [5.41, 5.74) is -0.0556. The minimum absolute atomic E-state index is 0.0556. The molecule has 0 amide bonds. The van der Waals surface area contributed by atoms with Gasteiger partial charge in [-0.3, -0.25) is 4.68 Å². The van der Waals surface area contributed by atoms with Crippen molar-refractivity contribution in [1.82, 2.24) is 20.1 Å². The third kappa shape index (κ3) is 1.53. The molecule has 1 N–H and O–H groups in total. The van der Waals surface area contributed by atoms with Crippen molar-refractivity contribution in [2.45, 2.75) is 25.5 Å². The van der Waals surface area contributed by atoms with Crippen LogP contribution in [0.3, 0.4) is 0 Å². The molecule has 0 aromatic carbocycles. The highest BCUT2D eigenvalue weighted by Crippen LogP contribution is 2.20. The van der Waals surface area contributed by atoms with Crippen molar-refractivity contribution in [3.05, 3.63) is 12.2 Å². The number of aromatic nitrogens is 3. The van der Waals surface area contributed by atoms with Crippen molar-refractivity contribution >= 4 is 0 Å². The Hall–Kier alpha value is -0.940. The second-order valence-electron chi connectivity index (χ2n) is 3.66. The number of rotatable bonds is 4. The molecule has 78 valence electrons. The maximum atomic E-state index is 5.50. The predicted octanol–water partition coefficient (Wildman–Crippen LogP) is -0.171. The Kier molecular flexibility index (Phi) is 2.52. The Morgan fingerprint density at radius 2 is 2.43 bits per heavy atom. The van der Waals surface area contributed by atoms with Gasteiger partial charge in [-0.2, -0.15) is 5.10 Å². The summed E-state index contributed by atoms with van der Waals surface area (Å²) in [5, 5.41) is 7.36. The Labute approximate surface area is 83.5 Å². The van der Waals surface area contributed by atoms with Crippen molar-refractivity contribution in [3.8, 4) is 0 Å². The molecule has 2 rings (SSSR count). The summed E-state index contributed by atoms with van der Waals surface area (Å²) in [6.45, 7) is 4.74. The van der Waals surface area contributed by atoms with Crippen LogP contribution >= 0.6 is 0 Å². The van der Waals surface area contributed by atoms with Crippen LogP contribution in [0, 0.1) is 0 Å². The van der Waals surface area contributed by atoms with Crippen LogP contribution in [0.15, 0.2) is 6.33 Å². The van der Waals surface area contributed by atoms with Crippen LogP contribution in [0.4, 0.5) is 0 Å². The summed E-state index contributed by atoms with van der Waals surface area (Å²) in [5.74, 6) is 1.01. The quantitative estimate of drug-likeness (QED) is 0.726. The molecule has 0 atom stereocenters. The summed E-state index contributed by atoms with van der Waals surface area (Å²) < 4.78 is 7.42. The second kappa shape index (κ2) is 3.67. The zero-order chi connectivity index (χ0) is 10.0. The van der Waals surface area contributed by atoms with Crippen molar-refractivity contribution < 1.29 is 4.74 Å². The molecule has 2 heterocycles. The van der Waals surface area contributed by atoms with Gasteiger partial charge in [0.05, 0.1) is 5.60 Å². The molecule has 14 heavy (non-hydrogen) atoms. The van der Waals surface area contributed by atoms with E-state index < -0.39 is 0 Å². The smallest absolute Gasteiger partial charge is 0.138 e. The van der Waals surface area contributed by atoms with Gasteiger partial charge in [0.15, 0.2) is 0 Å². The minimum Gasteiger partial charge on any atom is -0.375 e. The van der Waals surface area contributed by atoms with Gasteiger partial charge in [-0.1, -0.05) is 0 Å². The molecule has 1 aromatic heterocycles. The first-order valence-electron chi connectivity index (χ1n) is 4.92. The molecule has 5 heteroatoms. The normalized spacial score (nSPS) is 19.3. The fraction of sp³-hybridized carbons (Fsp3) is 0.778. The molecule has 1 aliphatic heterocycles. The molecule has 1 fully saturated rings. The number of nitrogens with zero attached hydrogens (tertiary/aromatic N) is 3. The largest absolute Gasteiger partial charge is 0.375 e. The van der Waals surface area contributed by atoms with E-state index in [1.807, 2.05) is 4.68 Å². The summed E-state index contributed by atoms with van der Waals surface area (Å²) in [4.78, 5) is 4.25. The number of aryl methyl sites for hydroxylation is 1. The molecule has 0 aliphatic carbocycles. The Morgan fingerprint density at radius 3 is 2.93 bits per heavy atom. The van der Waals surface area contributed by atoms with Gasteiger partial charge in [0, 0.05) is 33.2 Å². The lowest BCUT2D eigenvalue weighted by atomic mass is 9.92. The monoisotopic (exact) mass is 196 g/mol. The first kappa shape index (κ1) is 9.61. The highest BCUT2D eigenvalue weighted by Gasteiger charge is 2.38. The van der Waals surface area contributed by atoms with Crippen LogP contribution in [0.2, 0.25) is 0 Å². The highest BCUT2D eigenvalue weighted by molar-refractivity contribution is 5.03. The lowest BCUT2D eigenvalue weighted by molar-refractivity contribution is -0.0522. The van der Waals surface area contributed by atoms with E-state index in [0.29, 0.717) is 0 Å². The summed E-state index contributed by atoms with van der Waals surface area (Å²) >= 11 is 0. The SMILES string of the molecule is CCn1ncnc1CC1(OC)CNC1. The zero-order valence-electron chi connectivity index (χ0n) is 8.66. The molecule has 0 unspecified atom stereocenters. The molecule has 0 saturated carbocycles. The van der Waals surface area contributed by atoms with Gasteiger partial charge in [0.2, 0.25) is 0 Å². The van der Waals surface area contributed by atoms with E-state index in [1.165, 1.54) is 0 Å². The number of nitrogens with one attached hydrogen (secondary N) is 1. The fourth-order valence-corrected chi connectivity index (χ4v) is 1.72. The molecular formula is C9H16N4O. The van der Waals surface area contributed by atoms with Crippen molar-refractivity contribution in [3.63, 3.8) is 0 Å². The topological polar surface area (TPSA) is 52.0 Å². The lowest BCUT2D eigenvalue weighted by Crippen LogP contribution is -2.62. The minimum atomic E-state index is -0.0556. The average molecular weight is 196 g/mol. The van der Waals surface area contributed by atoms with Crippen LogP contribution in [0.5, 0.6) is 0 Å². The van der Waals surface area contributed by atoms with Crippen LogP contribution in [-0.2, 0) is 17.7 Å². The van der Waals surface area contributed by atoms with Gasteiger partial charge in [-0.15, -0.1) is 0 Å². The van der Waals surface area contributed by atoms with E-state index in [0.717, 1.165) is 31.9 Å². The summed E-state index contributed by atoms with van der Waals surface area (Å²) in [6, 6.07) is 0. The molecule has 0 spiro atoms. The maximum Gasteiger partial charge on any atom is 0.138 e. The Bertz CT molecular complexity index is 300. The molecule has 0 bridgehead atoms. The number of methoxy groups -OCH3 is 1. The molecule has 1 aromatic rings. The van der Waals surface area contributed by atoms with Crippen molar-refractivity contribution in [2.24, 2.45) is 0 Å². The van der Waals surface area contributed by atoms with Gasteiger partial charge >= 0.3 is 0 Å². The first-order chi connectivity index (χ1) is 6.79. The van der Waals surface area contributed by atoms with Crippen LogP contribution in [0.25, 0.3) is 0 Å². The van der Waals surface area contributed by atoms with E-state index in [-0.39, 0.29) is 5.60 Å². The third-order valence-electron chi connectivity index (χ3n) is 2.80. The second-order valence-corrected chi connectivity index (χ2v) is 3.66. The van der Waals surface area contributed by atoms with Crippen molar-refractivity contribution in [2.75, 3.05) is 20.2 Å². The summed E-state index contributed by atoms with van der Waals surface area (Å²) in [6.07, 6.45) is 2.44. The number of hydrogen-bond acceptors (Lipinski definition) is 4. The van der Waals surface area contributed by atoms with E-state index >= 15 is 0 Å². The van der Waals surface area contributed by atoms with E-state index in [4.69, 9.17) is 4.74 Å². The van der Waals surface area contributed by atoms with Gasteiger partial charge < -0.3 is 10.1 Å². The standard InChI is InChI=1S/C9H16N4O/c1-3-13-8(11-7-12-13)4-9(14-2)5-10-6-9/h7,10H,3-6H2,1-2H3. The highest BCUT2D eigenvalue weighted by atomic mass is 16.5. The predicted molar refractivity (Wildman–Crippen MR) is 52.0 cm³/mol. The van der Waals surface area contributed by atoms with Gasteiger partial charge in [-0.05, 0) is 6.92 Å².